The fourth-order valence-electron chi connectivity index (χ4n) is 1.33. The molecule has 0 atom stereocenters. The maximum Gasteiger partial charge on any atom is 0.142 e. The lowest BCUT2D eigenvalue weighted by Gasteiger charge is -1.91. The van der Waals surface area contributed by atoms with Gasteiger partial charge >= 0.3 is 0 Å². The highest BCUT2D eigenvalue weighted by atomic mass is 19.1. The predicted molar refractivity (Wildman–Crippen MR) is 48.8 cm³/mol. The maximum atomic E-state index is 12.7. The molecule has 0 unspecified atom stereocenters. The highest BCUT2D eigenvalue weighted by Crippen LogP contribution is 2.13. The highest BCUT2D eigenvalue weighted by molar-refractivity contribution is 5.76. The van der Waals surface area contributed by atoms with E-state index in [1.807, 2.05) is 13.1 Å². The van der Waals surface area contributed by atoms with E-state index in [1.165, 1.54) is 12.3 Å². The van der Waals surface area contributed by atoms with E-state index in [4.69, 9.17) is 0 Å². The summed E-state index contributed by atoms with van der Waals surface area (Å²) < 4.78 is 12.7. The number of halogens is 1. The van der Waals surface area contributed by atoms with Gasteiger partial charge in [-0.2, -0.15) is 0 Å². The molecule has 2 N–H and O–H groups in total. The van der Waals surface area contributed by atoms with E-state index in [0.717, 1.165) is 23.3 Å². The van der Waals surface area contributed by atoms with Crippen LogP contribution in [0.15, 0.2) is 18.3 Å². The summed E-state index contributed by atoms with van der Waals surface area (Å²) >= 11 is 0. The molecular weight excluding hydrogens is 169 g/mol. The number of pyridine rings is 1. The first-order chi connectivity index (χ1) is 6.29. The van der Waals surface area contributed by atoms with Gasteiger partial charge in [0, 0.05) is 17.6 Å². The molecule has 13 heavy (non-hydrogen) atoms. The summed E-state index contributed by atoms with van der Waals surface area (Å²) in [6.45, 7) is 0.734. The first kappa shape index (κ1) is 8.19. The quantitative estimate of drug-likeness (QED) is 0.732. The molecule has 0 spiro atoms. The molecule has 0 fully saturated rings. The Balaban J connectivity index is 2.49. The fraction of sp³-hybridized carbons (Fsp3) is 0.222. The highest BCUT2D eigenvalue weighted by Gasteiger charge is 2.01. The molecule has 0 saturated carbocycles. The number of nitrogens with zero attached hydrogens (tertiary/aromatic N) is 1. The monoisotopic (exact) mass is 179 g/mol. The zero-order valence-corrected chi connectivity index (χ0v) is 7.26. The van der Waals surface area contributed by atoms with Gasteiger partial charge in [0.1, 0.15) is 11.5 Å². The van der Waals surface area contributed by atoms with E-state index in [1.54, 1.807) is 0 Å². The summed E-state index contributed by atoms with van der Waals surface area (Å²) in [6.07, 6.45) is 1.21. The van der Waals surface area contributed by atoms with Gasteiger partial charge in [-0.1, -0.05) is 0 Å². The van der Waals surface area contributed by atoms with Crippen LogP contribution in [0.1, 0.15) is 5.69 Å². The van der Waals surface area contributed by atoms with Gasteiger partial charge in [-0.15, -0.1) is 0 Å². The van der Waals surface area contributed by atoms with Gasteiger partial charge in [0.25, 0.3) is 0 Å². The molecule has 68 valence electrons. The Morgan fingerprint density at radius 3 is 3.15 bits per heavy atom. The van der Waals surface area contributed by atoms with Crippen LogP contribution >= 0.6 is 0 Å². The van der Waals surface area contributed by atoms with Crippen LogP contribution in [0.25, 0.3) is 11.0 Å². The third-order valence-corrected chi connectivity index (χ3v) is 1.86. The molecule has 0 bridgehead atoms. The summed E-state index contributed by atoms with van der Waals surface area (Å²) in [7, 11) is 1.86. The van der Waals surface area contributed by atoms with Crippen LogP contribution in [0.2, 0.25) is 0 Å². The normalized spacial score (nSPS) is 10.9. The number of aromatic amines is 1. The van der Waals surface area contributed by atoms with Crippen LogP contribution < -0.4 is 5.32 Å². The Morgan fingerprint density at radius 1 is 1.54 bits per heavy atom. The molecule has 2 heterocycles. The van der Waals surface area contributed by atoms with E-state index >= 15 is 0 Å². The number of rotatable bonds is 2. The summed E-state index contributed by atoms with van der Waals surface area (Å²) in [6, 6.07) is 3.36. The second-order valence-corrected chi connectivity index (χ2v) is 2.92. The van der Waals surface area contributed by atoms with Crippen molar-refractivity contribution in [3.63, 3.8) is 0 Å². The van der Waals surface area contributed by atoms with Crippen molar-refractivity contribution in [3.8, 4) is 0 Å². The fourth-order valence-corrected chi connectivity index (χ4v) is 1.33. The molecular formula is C9H10FN3. The Bertz CT molecular complexity index is 422. The van der Waals surface area contributed by atoms with E-state index in [0.29, 0.717) is 0 Å². The topological polar surface area (TPSA) is 40.7 Å². The van der Waals surface area contributed by atoms with E-state index in [-0.39, 0.29) is 5.82 Å². The minimum atomic E-state index is -0.303. The van der Waals surface area contributed by atoms with Crippen molar-refractivity contribution in [2.75, 3.05) is 7.05 Å². The number of nitrogens with one attached hydrogen (secondary N) is 2. The van der Waals surface area contributed by atoms with Crippen molar-refractivity contribution in [2.24, 2.45) is 0 Å². The summed E-state index contributed by atoms with van der Waals surface area (Å²) in [5.41, 5.74) is 1.74. The van der Waals surface area contributed by atoms with Crippen LogP contribution in [-0.4, -0.2) is 17.0 Å². The van der Waals surface area contributed by atoms with Crippen molar-refractivity contribution < 1.29 is 4.39 Å². The maximum absolute atomic E-state index is 12.7. The van der Waals surface area contributed by atoms with Crippen molar-refractivity contribution in [1.82, 2.24) is 15.3 Å². The molecule has 3 nitrogen and oxygen atoms in total. The Labute approximate surface area is 75.0 Å². The van der Waals surface area contributed by atoms with Crippen LogP contribution in [0.3, 0.4) is 0 Å². The molecule has 0 aliphatic heterocycles. The smallest absolute Gasteiger partial charge is 0.142 e. The molecule has 0 aromatic carbocycles. The molecule has 4 heteroatoms. The minimum absolute atomic E-state index is 0.303. The first-order valence-corrected chi connectivity index (χ1v) is 4.07. The Kier molecular flexibility index (Phi) is 1.98. The van der Waals surface area contributed by atoms with Gasteiger partial charge in [-0.25, -0.2) is 9.37 Å². The van der Waals surface area contributed by atoms with E-state index < -0.39 is 0 Å². The van der Waals surface area contributed by atoms with E-state index in [2.05, 4.69) is 15.3 Å². The summed E-state index contributed by atoms with van der Waals surface area (Å²) in [5.74, 6) is -0.303. The SMILES string of the molecule is CNCc1cc2cc(F)cnc2[nH]1. The zero-order valence-electron chi connectivity index (χ0n) is 7.26. The molecule has 0 aliphatic rings. The van der Waals surface area contributed by atoms with Crippen molar-refractivity contribution in [3.05, 3.63) is 29.8 Å². The van der Waals surface area contributed by atoms with Gasteiger partial charge in [0.15, 0.2) is 0 Å². The molecule has 2 aromatic rings. The second kappa shape index (κ2) is 3.14. The lowest BCUT2D eigenvalue weighted by atomic mass is 10.3. The third kappa shape index (κ3) is 1.53. The number of hydrogen-bond acceptors (Lipinski definition) is 2. The Morgan fingerprint density at radius 2 is 2.38 bits per heavy atom. The molecule has 0 saturated heterocycles. The minimum Gasteiger partial charge on any atom is -0.342 e. The largest absolute Gasteiger partial charge is 0.342 e. The van der Waals surface area contributed by atoms with Gasteiger partial charge in [-0.3, -0.25) is 0 Å². The zero-order chi connectivity index (χ0) is 9.26. The number of hydrogen-bond donors (Lipinski definition) is 2. The van der Waals surface area contributed by atoms with Crippen LogP contribution in [-0.2, 0) is 6.54 Å². The predicted octanol–water partition coefficient (Wildman–Crippen LogP) is 1.42. The van der Waals surface area contributed by atoms with Crippen molar-refractivity contribution >= 4 is 11.0 Å². The summed E-state index contributed by atoms with van der Waals surface area (Å²) in [5, 5.41) is 3.82. The number of fused-ring (bicyclic) bond motifs is 1. The average molecular weight is 179 g/mol. The molecule has 0 aliphatic carbocycles. The lowest BCUT2D eigenvalue weighted by molar-refractivity contribution is 0.624. The molecule has 0 radical (unpaired) electrons. The van der Waals surface area contributed by atoms with Gasteiger partial charge in [0.2, 0.25) is 0 Å². The standard InChI is InChI=1S/C9H10FN3/c1-11-5-8-3-6-2-7(10)4-12-9(6)13-8/h2-4,11H,5H2,1H3,(H,12,13). The van der Waals surface area contributed by atoms with Crippen molar-refractivity contribution in [1.29, 1.82) is 0 Å². The van der Waals surface area contributed by atoms with Crippen molar-refractivity contribution in [2.45, 2.75) is 6.54 Å². The van der Waals surface area contributed by atoms with Gasteiger partial charge in [0.05, 0.1) is 6.20 Å². The summed E-state index contributed by atoms with van der Waals surface area (Å²) in [4.78, 5) is 7.01. The third-order valence-electron chi connectivity index (χ3n) is 1.86. The molecule has 2 aromatic heterocycles. The number of aromatic nitrogens is 2. The molecule has 0 amide bonds. The number of H-pyrrole nitrogens is 1. The van der Waals surface area contributed by atoms with E-state index in [9.17, 15) is 4.39 Å². The van der Waals surface area contributed by atoms with Crippen LogP contribution in [0.4, 0.5) is 4.39 Å². The molecule has 2 rings (SSSR count). The second-order valence-electron chi connectivity index (χ2n) is 2.92. The first-order valence-electron chi connectivity index (χ1n) is 4.07. The van der Waals surface area contributed by atoms with Gasteiger partial charge in [-0.05, 0) is 19.2 Å². The average Bonchev–Trinajstić information content (AvgIpc) is 2.46. The Hall–Kier alpha value is -1.42. The lowest BCUT2D eigenvalue weighted by Crippen LogP contribution is -2.04. The van der Waals surface area contributed by atoms with Gasteiger partial charge < -0.3 is 10.3 Å². The van der Waals surface area contributed by atoms with Crippen LogP contribution in [0, 0.1) is 5.82 Å². The van der Waals surface area contributed by atoms with Crippen LogP contribution in [0.5, 0.6) is 0 Å².